The number of halogens is 2. The van der Waals surface area contributed by atoms with E-state index in [2.05, 4.69) is 21.2 Å². The highest BCUT2D eigenvalue weighted by Gasteiger charge is 2.31. The Morgan fingerprint density at radius 1 is 0.824 bits per heavy atom. The fourth-order valence-corrected chi connectivity index (χ4v) is 6.05. The molecule has 7 heteroatoms. The summed E-state index contributed by atoms with van der Waals surface area (Å²) < 4.78 is 7.39. The van der Waals surface area contributed by atoms with Crippen LogP contribution >= 0.6 is 35.7 Å². The van der Waals surface area contributed by atoms with E-state index in [-0.39, 0.29) is 5.91 Å². The molecule has 0 radical (unpaired) electrons. The van der Waals surface area contributed by atoms with E-state index in [1.165, 1.54) is 0 Å². The molecule has 1 N–H and O–H groups in total. The fourth-order valence-electron chi connectivity index (χ4n) is 3.70. The van der Waals surface area contributed by atoms with Gasteiger partial charge >= 0.3 is 0 Å². The lowest BCUT2D eigenvalue weighted by Crippen LogP contribution is -2.29. The molecule has 168 valence electrons. The Labute approximate surface area is 212 Å². The molecule has 1 aliphatic heterocycles. The predicted octanol–water partition coefficient (Wildman–Crippen LogP) is 6.28. The molecule has 5 rings (SSSR count). The van der Waals surface area contributed by atoms with Crippen molar-refractivity contribution in [2.75, 3.05) is 5.32 Å². The van der Waals surface area contributed by atoms with Crippen molar-refractivity contribution >= 4 is 63.6 Å². The van der Waals surface area contributed by atoms with Gasteiger partial charge < -0.3 is 9.84 Å². The second-order valence-corrected chi connectivity index (χ2v) is 10.7. The maximum absolute atomic E-state index is 13.3. The lowest BCUT2D eigenvalue weighted by molar-refractivity contribution is -0.122. The maximum Gasteiger partial charge on any atom is 0.276 e. The number of hydrogen-bond donors (Lipinski definition) is 1. The first-order valence-electron chi connectivity index (χ1n) is 10.6. The monoisotopic (exact) mass is 548 g/mol. The van der Waals surface area contributed by atoms with Gasteiger partial charge in [-0.2, -0.15) is 0 Å². The van der Waals surface area contributed by atoms with E-state index in [1.807, 2.05) is 103 Å². The van der Waals surface area contributed by atoms with Crippen molar-refractivity contribution in [3.8, 4) is 0 Å². The van der Waals surface area contributed by atoms with Gasteiger partial charge in [0, 0.05) is 31.2 Å². The van der Waals surface area contributed by atoms with Crippen LogP contribution in [-0.2, 0) is 9.32 Å². The molecule has 0 saturated heterocycles. The number of carbonyl (C=O) groups is 1. The molecule has 1 unspecified atom stereocenters. The van der Waals surface area contributed by atoms with Crippen molar-refractivity contribution in [1.82, 2.24) is 0 Å². The Morgan fingerprint density at radius 3 is 2.09 bits per heavy atom. The largest absolute Gasteiger partial charge is 0.321 e. The number of benzene rings is 4. The summed E-state index contributed by atoms with van der Waals surface area (Å²) in [5.74, 6) is -0.329. The average Bonchev–Trinajstić information content (AvgIpc) is 3.00. The van der Waals surface area contributed by atoms with Crippen molar-refractivity contribution in [1.29, 1.82) is 0 Å². The number of carbonyl (C=O) groups excluding carboxylic acids is 1. The van der Waals surface area contributed by atoms with E-state index < -0.39 is 14.4 Å². The molecule has 1 aliphatic rings. The molecule has 0 aromatic heterocycles. The van der Waals surface area contributed by atoms with Gasteiger partial charge in [-0.25, -0.2) is 4.99 Å². The van der Waals surface area contributed by atoms with E-state index in [0.29, 0.717) is 16.4 Å². The first kappa shape index (κ1) is 22.9. The number of rotatable bonds is 5. The summed E-state index contributed by atoms with van der Waals surface area (Å²) in [5.41, 5.74) is 2.76. The third-order valence-electron chi connectivity index (χ3n) is 5.28. The Hall–Kier alpha value is -2.82. The third-order valence-corrected chi connectivity index (χ3v) is 8.05. The highest BCUT2D eigenvalue weighted by atomic mass is 79.9. The molecule has 0 spiro atoms. The zero-order valence-corrected chi connectivity index (χ0v) is 21.1. The lowest BCUT2D eigenvalue weighted by Gasteiger charge is -2.22. The molecule has 1 amide bonds. The number of nitrogens with one attached hydrogen (secondary N) is 1. The van der Waals surface area contributed by atoms with Gasteiger partial charge in [0.1, 0.15) is 0 Å². The van der Waals surface area contributed by atoms with Gasteiger partial charge in [-0.3, -0.25) is 4.79 Å². The first-order chi connectivity index (χ1) is 16.6. The molecule has 1 heterocycles. The molecule has 4 aromatic carbocycles. The van der Waals surface area contributed by atoms with Crippen LogP contribution in [0.2, 0.25) is 5.02 Å². The number of fused-ring (bicyclic) bond motifs is 1. The summed E-state index contributed by atoms with van der Waals surface area (Å²) in [6, 6.07) is 33.0. The van der Waals surface area contributed by atoms with Crippen molar-refractivity contribution in [2.45, 2.75) is 6.23 Å². The summed E-state index contributed by atoms with van der Waals surface area (Å²) in [5, 5.41) is 5.54. The average molecular weight is 550 g/mol. The number of aliphatic imine (C=N–C) groups is 1. The summed E-state index contributed by atoms with van der Waals surface area (Å²) >= 11 is 10.1. The van der Waals surface area contributed by atoms with Crippen molar-refractivity contribution < 1.29 is 9.32 Å². The summed E-state index contributed by atoms with van der Waals surface area (Å²) in [6.45, 7) is 0. The van der Waals surface area contributed by atoms with Crippen LogP contribution in [-0.4, -0.2) is 17.8 Å². The van der Waals surface area contributed by atoms with Crippen molar-refractivity contribution in [3.63, 3.8) is 0 Å². The van der Waals surface area contributed by atoms with Crippen LogP contribution in [0.1, 0.15) is 11.1 Å². The molecular weight excluding hydrogens is 531 g/mol. The van der Waals surface area contributed by atoms with Crippen LogP contribution in [0.5, 0.6) is 0 Å². The normalized spacial score (nSPS) is 15.3. The topological polar surface area (TPSA) is 50.7 Å². The van der Waals surface area contributed by atoms with Crippen LogP contribution in [0.25, 0.3) is 0 Å². The summed E-state index contributed by atoms with van der Waals surface area (Å²) in [6.07, 6.45) is -1.07. The number of nitrogens with zero attached hydrogens (tertiary/aromatic N) is 1. The minimum absolute atomic E-state index is 0.329. The van der Waals surface area contributed by atoms with Gasteiger partial charge in [0.2, 0.25) is 6.23 Å². The van der Waals surface area contributed by atoms with Gasteiger partial charge in [-0.15, -0.1) is 0 Å². The molecule has 4 nitrogen and oxygen atoms in total. The van der Waals surface area contributed by atoms with E-state index in [1.54, 1.807) is 0 Å². The van der Waals surface area contributed by atoms with E-state index in [4.69, 9.17) is 21.1 Å². The Balaban J connectivity index is 1.63. The first-order valence-corrected chi connectivity index (χ1v) is 13.0. The Morgan fingerprint density at radius 2 is 1.44 bits per heavy atom. The van der Waals surface area contributed by atoms with Gasteiger partial charge in [0.25, 0.3) is 5.91 Å². The summed E-state index contributed by atoms with van der Waals surface area (Å²) in [4.78, 5) is 18.2. The molecule has 0 bridgehead atoms. The van der Waals surface area contributed by atoms with E-state index in [9.17, 15) is 4.79 Å². The zero-order valence-electron chi connectivity index (χ0n) is 17.9. The van der Waals surface area contributed by atoms with Gasteiger partial charge in [0.15, 0.2) is 0 Å². The third kappa shape index (κ3) is 4.84. The summed E-state index contributed by atoms with van der Waals surface area (Å²) in [7, 11) is -1.30. The molecule has 4 aromatic rings. The van der Waals surface area contributed by atoms with E-state index in [0.717, 1.165) is 26.2 Å². The lowest BCUT2D eigenvalue weighted by atomic mass is 10.0. The second kappa shape index (κ2) is 10.2. The maximum atomic E-state index is 13.3. The van der Waals surface area contributed by atoms with Gasteiger partial charge in [0.05, 0.1) is 19.5 Å². The molecule has 0 fully saturated rings. The standard InChI is InChI=1S/C27H19BrClN2O2P/c28-18-15-16-24-22(17-18)25(21-13-7-8-14-23(21)29)31-27(26(32)30-24)33-34(19-9-3-1-4-10-19)20-11-5-2-6-12-20/h1-17,27H,(H,30,32). The minimum atomic E-state index is -1.30. The molecule has 34 heavy (non-hydrogen) atoms. The smallest absolute Gasteiger partial charge is 0.276 e. The van der Waals surface area contributed by atoms with Gasteiger partial charge in [-0.05, 0) is 24.3 Å². The van der Waals surface area contributed by atoms with Crippen LogP contribution < -0.4 is 15.9 Å². The highest BCUT2D eigenvalue weighted by Crippen LogP contribution is 2.39. The zero-order chi connectivity index (χ0) is 23.5. The number of amides is 1. The predicted molar refractivity (Wildman–Crippen MR) is 144 cm³/mol. The van der Waals surface area contributed by atoms with Crippen LogP contribution in [0.4, 0.5) is 5.69 Å². The Bertz CT molecular complexity index is 1330. The Kier molecular flexibility index (Phi) is 6.89. The minimum Gasteiger partial charge on any atom is -0.321 e. The number of benzodiazepines with no additional fused rings is 1. The quantitative estimate of drug-likeness (QED) is 0.298. The van der Waals surface area contributed by atoms with Crippen LogP contribution in [0, 0.1) is 0 Å². The number of hydrogen-bond acceptors (Lipinski definition) is 3. The SMILES string of the molecule is O=C1Nc2ccc(Br)cc2C(c2ccccc2Cl)=NC1OP(c1ccccc1)c1ccccc1. The van der Waals surface area contributed by atoms with E-state index >= 15 is 0 Å². The molecule has 1 atom stereocenters. The number of anilines is 1. The second-order valence-electron chi connectivity index (χ2n) is 7.56. The molecule has 0 aliphatic carbocycles. The van der Waals surface area contributed by atoms with Crippen molar-refractivity contribution in [2.24, 2.45) is 4.99 Å². The van der Waals surface area contributed by atoms with Gasteiger partial charge in [-0.1, -0.05) is 106 Å². The van der Waals surface area contributed by atoms with Crippen LogP contribution in [0.15, 0.2) is 113 Å². The fraction of sp³-hybridized carbons (Fsp3) is 0.0370. The highest BCUT2D eigenvalue weighted by molar-refractivity contribution is 9.10. The van der Waals surface area contributed by atoms with Crippen LogP contribution in [0.3, 0.4) is 0 Å². The molecular formula is C27H19BrClN2O2P. The van der Waals surface area contributed by atoms with Crippen molar-refractivity contribution in [3.05, 3.63) is 124 Å². The molecule has 0 saturated carbocycles.